The number of hydrazone groups is 1. The number of nitrogens with one attached hydrogen (secondary N) is 1. The van der Waals surface area contributed by atoms with Crippen LogP contribution in [0.15, 0.2) is 29.4 Å². The summed E-state index contributed by atoms with van der Waals surface area (Å²) in [5.74, 6) is 0.195. The first-order valence-electron chi connectivity index (χ1n) is 7.58. The van der Waals surface area contributed by atoms with Gasteiger partial charge in [0.05, 0.1) is 17.7 Å². The van der Waals surface area contributed by atoms with Crippen LogP contribution in [0, 0.1) is 0 Å². The number of benzene rings is 1. The minimum atomic E-state index is -0.221. The van der Waals surface area contributed by atoms with Gasteiger partial charge in [-0.2, -0.15) is 5.10 Å². The van der Waals surface area contributed by atoms with Crippen LogP contribution in [0.3, 0.4) is 0 Å². The lowest BCUT2D eigenvalue weighted by Gasteiger charge is -2.07. The van der Waals surface area contributed by atoms with Gasteiger partial charge in [-0.1, -0.05) is 6.07 Å². The van der Waals surface area contributed by atoms with E-state index in [2.05, 4.69) is 10.5 Å². The van der Waals surface area contributed by atoms with Crippen molar-refractivity contribution in [1.29, 1.82) is 0 Å². The first kappa shape index (κ1) is 15.6. The number of carbonyl (C=O) groups is 1. The lowest BCUT2D eigenvalue weighted by molar-refractivity contribution is 0.0959. The first-order valence-corrected chi connectivity index (χ1v) is 8.40. The van der Waals surface area contributed by atoms with Gasteiger partial charge < -0.3 is 9.84 Å². The molecule has 1 aromatic heterocycles. The molecule has 0 aliphatic heterocycles. The van der Waals surface area contributed by atoms with Crippen LogP contribution >= 0.6 is 11.3 Å². The fraction of sp³-hybridized carbons (Fsp3) is 0.294. The maximum Gasteiger partial charge on any atom is 0.281 e. The van der Waals surface area contributed by atoms with Crippen molar-refractivity contribution in [3.63, 3.8) is 0 Å². The summed E-state index contributed by atoms with van der Waals surface area (Å²) in [7, 11) is 0. The number of phenolic OH excluding ortho intramolecular Hbond substituents is 1. The molecule has 1 aliphatic rings. The molecule has 120 valence electrons. The average Bonchev–Trinajstić information content (AvgIpc) is 3.12. The van der Waals surface area contributed by atoms with Gasteiger partial charge in [0.2, 0.25) is 0 Å². The van der Waals surface area contributed by atoms with E-state index in [1.807, 2.05) is 13.0 Å². The van der Waals surface area contributed by atoms with Gasteiger partial charge in [0.1, 0.15) is 0 Å². The zero-order valence-electron chi connectivity index (χ0n) is 12.8. The fourth-order valence-electron chi connectivity index (χ4n) is 2.57. The van der Waals surface area contributed by atoms with Crippen molar-refractivity contribution >= 4 is 23.5 Å². The maximum absolute atomic E-state index is 12.1. The van der Waals surface area contributed by atoms with E-state index in [0.717, 1.165) is 12.8 Å². The summed E-state index contributed by atoms with van der Waals surface area (Å²) in [4.78, 5) is 14.1. The van der Waals surface area contributed by atoms with Crippen LogP contribution in [-0.2, 0) is 12.8 Å². The second-order valence-corrected chi connectivity index (χ2v) is 6.38. The molecule has 0 saturated carbocycles. The van der Waals surface area contributed by atoms with E-state index in [1.165, 1.54) is 34.4 Å². The molecule has 23 heavy (non-hydrogen) atoms. The fourth-order valence-corrected chi connectivity index (χ4v) is 3.72. The Morgan fingerprint density at radius 1 is 1.48 bits per heavy atom. The highest BCUT2D eigenvalue weighted by molar-refractivity contribution is 7.14. The monoisotopic (exact) mass is 330 g/mol. The Kier molecular flexibility index (Phi) is 4.62. The second kappa shape index (κ2) is 6.83. The molecule has 0 saturated heterocycles. The number of para-hydroxylation sites is 1. The van der Waals surface area contributed by atoms with Crippen molar-refractivity contribution in [2.75, 3.05) is 6.61 Å². The molecule has 0 spiro atoms. The number of thiophene rings is 1. The number of carbonyl (C=O) groups excluding carboxylic acids is 1. The van der Waals surface area contributed by atoms with Gasteiger partial charge in [-0.25, -0.2) is 5.43 Å². The first-order chi connectivity index (χ1) is 11.2. The Morgan fingerprint density at radius 3 is 3.13 bits per heavy atom. The largest absolute Gasteiger partial charge is 0.504 e. The number of aryl methyl sites for hydroxylation is 2. The number of hydrogen-bond acceptors (Lipinski definition) is 5. The van der Waals surface area contributed by atoms with Gasteiger partial charge in [-0.3, -0.25) is 4.79 Å². The van der Waals surface area contributed by atoms with E-state index >= 15 is 0 Å². The molecule has 1 aromatic carbocycles. The highest BCUT2D eigenvalue weighted by atomic mass is 32.1. The zero-order chi connectivity index (χ0) is 16.2. The van der Waals surface area contributed by atoms with Gasteiger partial charge in [0, 0.05) is 10.4 Å². The molecule has 0 bridgehead atoms. The van der Waals surface area contributed by atoms with E-state index in [9.17, 15) is 9.90 Å². The third kappa shape index (κ3) is 3.37. The number of aromatic hydroxyl groups is 1. The third-order valence-electron chi connectivity index (χ3n) is 3.67. The Morgan fingerprint density at radius 2 is 2.35 bits per heavy atom. The molecule has 1 amide bonds. The van der Waals surface area contributed by atoms with Crippen LogP contribution in [0.1, 0.15) is 39.0 Å². The molecule has 2 aromatic rings. The van der Waals surface area contributed by atoms with Crippen molar-refractivity contribution < 1.29 is 14.6 Å². The normalized spacial score (nSPS) is 13.3. The van der Waals surface area contributed by atoms with Crippen molar-refractivity contribution in [3.05, 3.63) is 45.1 Å². The Labute approximate surface area is 138 Å². The van der Waals surface area contributed by atoms with E-state index in [-0.39, 0.29) is 11.7 Å². The van der Waals surface area contributed by atoms with E-state index in [4.69, 9.17) is 4.74 Å². The lowest BCUT2D eigenvalue weighted by atomic mass is 10.2. The Bertz CT molecular complexity index is 731. The van der Waals surface area contributed by atoms with Gasteiger partial charge in [-0.05, 0) is 49.9 Å². The summed E-state index contributed by atoms with van der Waals surface area (Å²) in [5, 5.41) is 14.0. The molecule has 1 aliphatic carbocycles. The predicted molar refractivity (Wildman–Crippen MR) is 90.7 cm³/mol. The van der Waals surface area contributed by atoms with Gasteiger partial charge in [0.15, 0.2) is 11.5 Å². The summed E-state index contributed by atoms with van der Waals surface area (Å²) >= 11 is 1.53. The molecular weight excluding hydrogens is 312 g/mol. The highest BCUT2D eigenvalue weighted by Gasteiger charge is 2.18. The number of ether oxygens (including phenoxy) is 1. The second-order valence-electron chi connectivity index (χ2n) is 5.24. The Hall–Kier alpha value is -2.34. The number of fused-ring (bicyclic) bond motifs is 1. The molecule has 5 nitrogen and oxygen atoms in total. The van der Waals surface area contributed by atoms with Gasteiger partial charge >= 0.3 is 0 Å². The average molecular weight is 330 g/mol. The van der Waals surface area contributed by atoms with Crippen molar-refractivity contribution in [3.8, 4) is 11.5 Å². The molecule has 0 fully saturated rings. The molecule has 0 atom stereocenters. The number of amides is 1. The SMILES string of the molecule is CCOc1cccc(/C=N/NC(=O)c2cc3c(s2)CCC3)c1O. The van der Waals surface area contributed by atoms with Crippen molar-refractivity contribution in [1.82, 2.24) is 5.43 Å². The number of rotatable bonds is 5. The van der Waals surface area contributed by atoms with Crippen molar-refractivity contribution in [2.24, 2.45) is 5.10 Å². The maximum atomic E-state index is 12.1. The summed E-state index contributed by atoms with van der Waals surface area (Å²) in [6, 6.07) is 7.10. The minimum Gasteiger partial charge on any atom is -0.504 e. The lowest BCUT2D eigenvalue weighted by Crippen LogP contribution is -2.16. The molecule has 0 radical (unpaired) electrons. The van der Waals surface area contributed by atoms with Crippen LogP contribution in [0.4, 0.5) is 0 Å². The molecule has 3 rings (SSSR count). The number of phenols is 1. The smallest absolute Gasteiger partial charge is 0.281 e. The van der Waals surface area contributed by atoms with E-state index in [0.29, 0.717) is 22.8 Å². The van der Waals surface area contributed by atoms with Crippen LogP contribution in [-0.4, -0.2) is 23.8 Å². The summed E-state index contributed by atoms with van der Waals surface area (Å²) < 4.78 is 5.31. The van der Waals surface area contributed by atoms with Gasteiger partial charge in [-0.15, -0.1) is 11.3 Å². The topological polar surface area (TPSA) is 70.9 Å². The highest BCUT2D eigenvalue weighted by Crippen LogP contribution is 2.30. The van der Waals surface area contributed by atoms with E-state index in [1.54, 1.807) is 18.2 Å². The predicted octanol–water partition coefficient (Wildman–Crippen LogP) is 3.11. The van der Waals surface area contributed by atoms with Crippen LogP contribution in [0.5, 0.6) is 11.5 Å². The molecule has 0 unspecified atom stereocenters. The molecular formula is C17H18N2O3S. The standard InChI is InChI=1S/C17H18N2O3S/c1-2-22-13-7-3-6-12(16(13)20)10-18-19-17(21)15-9-11-5-4-8-14(11)23-15/h3,6-7,9-10,20H,2,4-5,8H2,1H3,(H,19,21)/b18-10+. The molecule has 1 heterocycles. The van der Waals surface area contributed by atoms with Gasteiger partial charge in [0.25, 0.3) is 5.91 Å². The molecule has 2 N–H and O–H groups in total. The Balaban J connectivity index is 1.66. The number of nitrogens with zero attached hydrogens (tertiary/aromatic N) is 1. The summed E-state index contributed by atoms with van der Waals surface area (Å²) in [6.45, 7) is 2.31. The zero-order valence-corrected chi connectivity index (χ0v) is 13.7. The number of hydrogen-bond donors (Lipinski definition) is 2. The molecule has 6 heteroatoms. The van der Waals surface area contributed by atoms with Crippen LogP contribution < -0.4 is 10.2 Å². The van der Waals surface area contributed by atoms with Crippen LogP contribution in [0.25, 0.3) is 0 Å². The quantitative estimate of drug-likeness (QED) is 0.654. The van der Waals surface area contributed by atoms with Crippen molar-refractivity contribution in [2.45, 2.75) is 26.2 Å². The van der Waals surface area contributed by atoms with E-state index < -0.39 is 0 Å². The third-order valence-corrected chi connectivity index (χ3v) is 4.91. The summed E-state index contributed by atoms with van der Waals surface area (Å²) in [5.41, 5.74) is 4.28. The summed E-state index contributed by atoms with van der Waals surface area (Å²) in [6.07, 6.45) is 4.71. The van der Waals surface area contributed by atoms with Crippen LogP contribution in [0.2, 0.25) is 0 Å². The minimum absolute atomic E-state index is 0.0162.